The van der Waals surface area contributed by atoms with Gasteiger partial charge in [-0.1, -0.05) is 0 Å². The van der Waals surface area contributed by atoms with Crippen molar-refractivity contribution in [2.75, 3.05) is 0 Å². The minimum atomic E-state index is -1.28. The van der Waals surface area contributed by atoms with Crippen LogP contribution in [-0.2, 0) is 6.54 Å². The number of hydrogen-bond donors (Lipinski definition) is 2. The highest BCUT2D eigenvalue weighted by atomic mass is 19.2. The molecule has 2 aromatic rings. The van der Waals surface area contributed by atoms with Crippen molar-refractivity contribution in [2.45, 2.75) is 6.54 Å². The first-order chi connectivity index (χ1) is 8.18. The average Bonchev–Trinajstić information content (AvgIpc) is 2.82. The van der Waals surface area contributed by atoms with Crippen LogP contribution in [0.25, 0.3) is 0 Å². The van der Waals surface area contributed by atoms with Gasteiger partial charge in [-0.05, 0) is 17.7 Å². The third kappa shape index (κ3) is 2.47. The predicted octanol–water partition coefficient (Wildman–Crippen LogP) is 1.62. The quantitative estimate of drug-likeness (QED) is 0.797. The van der Waals surface area contributed by atoms with Crippen molar-refractivity contribution in [3.8, 4) is 0 Å². The molecule has 2 rings (SSSR count). The Morgan fingerprint density at radius 2 is 2.24 bits per heavy atom. The lowest BCUT2D eigenvalue weighted by Gasteiger charge is -2.04. The monoisotopic (exact) mass is 237 g/mol. The fourth-order valence-corrected chi connectivity index (χ4v) is 1.34. The van der Waals surface area contributed by atoms with Crippen molar-refractivity contribution in [2.24, 2.45) is 0 Å². The third-order valence-corrected chi connectivity index (χ3v) is 2.21. The molecule has 0 bridgehead atoms. The highest BCUT2D eigenvalue weighted by molar-refractivity contribution is 5.94. The number of hydrogen-bond acceptors (Lipinski definition) is 2. The van der Waals surface area contributed by atoms with E-state index in [2.05, 4.69) is 15.3 Å². The minimum absolute atomic E-state index is 0.242. The minimum Gasteiger partial charge on any atom is -0.367 e. The molecule has 0 radical (unpaired) electrons. The van der Waals surface area contributed by atoms with Crippen LogP contribution in [0.3, 0.4) is 0 Å². The first-order valence-corrected chi connectivity index (χ1v) is 4.88. The van der Waals surface area contributed by atoms with E-state index in [-0.39, 0.29) is 12.1 Å². The van der Waals surface area contributed by atoms with Crippen molar-refractivity contribution < 1.29 is 13.6 Å². The third-order valence-electron chi connectivity index (χ3n) is 2.21. The Labute approximate surface area is 95.7 Å². The molecule has 0 aliphatic carbocycles. The van der Waals surface area contributed by atoms with Gasteiger partial charge in [0.1, 0.15) is 0 Å². The van der Waals surface area contributed by atoms with Crippen LogP contribution in [-0.4, -0.2) is 15.9 Å². The summed E-state index contributed by atoms with van der Waals surface area (Å²) in [5, 5.41) is 2.48. The van der Waals surface area contributed by atoms with Crippen LogP contribution < -0.4 is 5.32 Å². The summed E-state index contributed by atoms with van der Waals surface area (Å²) in [7, 11) is 0. The maximum atomic E-state index is 13.2. The summed E-state index contributed by atoms with van der Waals surface area (Å²) in [5.74, 6) is -3.19. The fraction of sp³-hybridized carbons (Fsp3) is 0.0909. The molecule has 0 saturated carbocycles. The van der Waals surface area contributed by atoms with Crippen molar-refractivity contribution in [3.63, 3.8) is 0 Å². The van der Waals surface area contributed by atoms with Crippen LogP contribution >= 0.6 is 0 Å². The standard InChI is InChI=1S/C11H9F2N3O/c12-9-8(2-4-15-10(9)13)11(17)16-6-7-1-3-14-5-7/h1-5,14H,6H2,(H,16,17). The fourth-order valence-electron chi connectivity index (χ4n) is 1.34. The summed E-state index contributed by atoms with van der Waals surface area (Å²) in [5.41, 5.74) is 0.487. The molecular formula is C11H9F2N3O. The molecule has 2 N–H and O–H groups in total. The largest absolute Gasteiger partial charge is 0.367 e. The molecule has 88 valence electrons. The van der Waals surface area contributed by atoms with E-state index in [1.807, 2.05) is 0 Å². The number of pyridine rings is 1. The zero-order valence-corrected chi connectivity index (χ0v) is 8.71. The Bertz CT molecular complexity index is 526. The summed E-state index contributed by atoms with van der Waals surface area (Å²) in [4.78, 5) is 17.5. The first-order valence-electron chi connectivity index (χ1n) is 4.88. The Hall–Kier alpha value is -2.24. The molecule has 0 aliphatic heterocycles. The zero-order chi connectivity index (χ0) is 12.3. The molecule has 0 aromatic carbocycles. The second kappa shape index (κ2) is 4.73. The van der Waals surface area contributed by atoms with Gasteiger partial charge in [-0.2, -0.15) is 4.39 Å². The van der Waals surface area contributed by atoms with Crippen molar-refractivity contribution in [1.29, 1.82) is 0 Å². The predicted molar refractivity (Wildman–Crippen MR) is 56.1 cm³/mol. The highest BCUT2D eigenvalue weighted by Crippen LogP contribution is 2.08. The molecule has 0 atom stereocenters. The molecule has 2 heterocycles. The Balaban J connectivity index is 2.07. The van der Waals surface area contributed by atoms with E-state index in [1.165, 1.54) is 0 Å². The van der Waals surface area contributed by atoms with Crippen LogP contribution in [0.2, 0.25) is 0 Å². The van der Waals surface area contributed by atoms with Crippen LogP contribution in [0.1, 0.15) is 15.9 Å². The summed E-state index contributed by atoms with van der Waals surface area (Å²) in [6, 6.07) is 2.90. The van der Waals surface area contributed by atoms with Crippen LogP contribution in [0, 0.1) is 11.8 Å². The van der Waals surface area contributed by atoms with E-state index < -0.39 is 17.7 Å². The topological polar surface area (TPSA) is 57.8 Å². The van der Waals surface area contributed by atoms with Crippen molar-refractivity contribution in [1.82, 2.24) is 15.3 Å². The van der Waals surface area contributed by atoms with Gasteiger partial charge in [0.25, 0.3) is 5.91 Å². The molecule has 4 nitrogen and oxygen atoms in total. The van der Waals surface area contributed by atoms with E-state index in [9.17, 15) is 13.6 Å². The van der Waals surface area contributed by atoms with Gasteiger partial charge >= 0.3 is 0 Å². The van der Waals surface area contributed by atoms with Gasteiger partial charge in [0.05, 0.1) is 5.56 Å². The maximum Gasteiger partial charge on any atom is 0.254 e. The molecule has 0 saturated heterocycles. The number of carbonyl (C=O) groups excluding carboxylic acids is 1. The highest BCUT2D eigenvalue weighted by Gasteiger charge is 2.15. The molecule has 1 amide bonds. The molecule has 6 heteroatoms. The number of amides is 1. The lowest BCUT2D eigenvalue weighted by molar-refractivity contribution is 0.0945. The number of aromatic amines is 1. The maximum absolute atomic E-state index is 13.2. The second-order valence-electron chi connectivity index (χ2n) is 3.37. The number of carbonyl (C=O) groups is 1. The molecule has 17 heavy (non-hydrogen) atoms. The molecule has 0 unspecified atom stereocenters. The van der Waals surface area contributed by atoms with E-state index in [4.69, 9.17) is 0 Å². The molecule has 2 aromatic heterocycles. The van der Waals surface area contributed by atoms with Gasteiger partial charge in [0.2, 0.25) is 5.95 Å². The van der Waals surface area contributed by atoms with E-state index in [1.54, 1.807) is 18.5 Å². The Morgan fingerprint density at radius 3 is 2.94 bits per heavy atom. The number of halogens is 2. The Morgan fingerprint density at radius 1 is 1.41 bits per heavy atom. The summed E-state index contributed by atoms with van der Waals surface area (Å²) in [6.45, 7) is 0.242. The van der Waals surface area contributed by atoms with Gasteiger partial charge < -0.3 is 10.3 Å². The second-order valence-corrected chi connectivity index (χ2v) is 3.37. The summed E-state index contributed by atoms with van der Waals surface area (Å²) < 4.78 is 26.0. The summed E-state index contributed by atoms with van der Waals surface area (Å²) >= 11 is 0. The van der Waals surface area contributed by atoms with Crippen LogP contribution in [0.4, 0.5) is 8.78 Å². The van der Waals surface area contributed by atoms with Crippen molar-refractivity contribution >= 4 is 5.91 Å². The van der Waals surface area contributed by atoms with E-state index >= 15 is 0 Å². The Kier molecular flexibility index (Phi) is 3.13. The number of rotatable bonds is 3. The molecular weight excluding hydrogens is 228 g/mol. The zero-order valence-electron chi connectivity index (χ0n) is 8.71. The van der Waals surface area contributed by atoms with Gasteiger partial charge in [-0.3, -0.25) is 4.79 Å². The number of aromatic nitrogens is 2. The average molecular weight is 237 g/mol. The number of nitrogens with one attached hydrogen (secondary N) is 2. The van der Waals surface area contributed by atoms with Gasteiger partial charge in [-0.25, -0.2) is 9.37 Å². The normalized spacial score (nSPS) is 10.2. The molecule has 0 spiro atoms. The molecule has 0 fully saturated rings. The van der Waals surface area contributed by atoms with Gasteiger partial charge in [0.15, 0.2) is 5.82 Å². The van der Waals surface area contributed by atoms with E-state index in [0.29, 0.717) is 0 Å². The van der Waals surface area contributed by atoms with Gasteiger partial charge in [0, 0.05) is 25.1 Å². The lowest BCUT2D eigenvalue weighted by atomic mass is 10.2. The SMILES string of the molecule is O=C(NCc1cc[nH]c1)c1ccnc(F)c1F. The van der Waals surface area contributed by atoms with E-state index in [0.717, 1.165) is 17.8 Å². The van der Waals surface area contributed by atoms with Crippen LogP contribution in [0.5, 0.6) is 0 Å². The smallest absolute Gasteiger partial charge is 0.254 e. The van der Waals surface area contributed by atoms with Gasteiger partial charge in [-0.15, -0.1) is 0 Å². The van der Waals surface area contributed by atoms with Crippen LogP contribution in [0.15, 0.2) is 30.7 Å². The van der Waals surface area contributed by atoms with Crippen molar-refractivity contribution in [3.05, 3.63) is 53.6 Å². The number of nitrogens with zero attached hydrogens (tertiary/aromatic N) is 1. The lowest BCUT2D eigenvalue weighted by Crippen LogP contribution is -2.24. The molecule has 0 aliphatic rings. The summed E-state index contributed by atoms with van der Waals surface area (Å²) in [6.07, 6.45) is 4.45. The number of H-pyrrole nitrogens is 1. The first kappa shape index (κ1) is 11.3.